The highest BCUT2D eigenvalue weighted by Crippen LogP contribution is 2.18. The molecule has 2 aromatic carbocycles. The van der Waals surface area contributed by atoms with Gasteiger partial charge in [-0.05, 0) is 47.8 Å². The van der Waals surface area contributed by atoms with Crippen LogP contribution in [0.4, 0.5) is 15.8 Å². The summed E-state index contributed by atoms with van der Waals surface area (Å²) in [4.78, 5) is 51.1. The molecule has 0 atom stereocenters. The van der Waals surface area contributed by atoms with Gasteiger partial charge in [-0.1, -0.05) is 6.07 Å². The number of ether oxygens (including phenoxy) is 1. The largest absolute Gasteiger partial charge is 0.497 e. The third kappa shape index (κ3) is 4.89. The Labute approximate surface area is 196 Å². The Morgan fingerprint density at radius 3 is 2.32 bits per heavy atom. The molecule has 9 nitrogen and oxygen atoms in total. The number of nitrogens with zero attached hydrogens (tertiary/aromatic N) is 2. The maximum atomic E-state index is 13.1. The van der Waals surface area contributed by atoms with Crippen LogP contribution >= 0.6 is 11.3 Å². The third-order valence-corrected chi connectivity index (χ3v) is 5.81. The highest BCUT2D eigenvalue weighted by atomic mass is 32.1. The van der Waals surface area contributed by atoms with Gasteiger partial charge in [-0.2, -0.15) is 0 Å². The first-order valence-corrected chi connectivity index (χ1v) is 10.9. The Hall–Kier alpha value is -4.25. The SMILES string of the molecule is COc1cccc(NC(=O)Cn2c(=O)n(CC(=O)Nc3ccc(F)cc3)c(=O)c3sccc32)c1. The van der Waals surface area contributed by atoms with Crippen molar-refractivity contribution in [1.82, 2.24) is 9.13 Å². The Morgan fingerprint density at radius 2 is 1.62 bits per heavy atom. The first-order chi connectivity index (χ1) is 16.4. The molecular formula is C23H19FN4O5S. The van der Waals surface area contributed by atoms with Gasteiger partial charge in [0.25, 0.3) is 5.56 Å². The van der Waals surface area contributed by atoms with Gasteiger partial charge in [0.1, 0.15) is 29.4 Å². The smallest absolute Gasteiger partial charge is 0.332 e. The van der Waals surface area contributed by atoms with Gasteiger partial charge in [0.2, 0.25) is 11.8 Å². The molecule has 34 heavy (non-hydrogen) atoms. The summed E-state index contributed by atoms with van der Waals surface area (Å²) in [6, 6.07) is 13.4. The summed E-state index contributed by atoms with van der Waals surface area (Å²) in [5, 5.41) is 6.84. The number of anilines is 2. The highest BCUT2D eigenvalue weighted by molar-refractivity contribution is 7.17. The second-order valence-electron chi connectivity index (χ2n) is 7.23. The standard InChI is InChI=1S/C23H19FN4O5S/c1-33-17-4-2-3-16(11-17)26-19(29)12-27-18-9-10-34-21(18)22(31)28(23(27)32)13-20(30)25-15-7-5-14(24)6-8-15/h2-11H,12-13H2,1H3,(H,25,30)(H,26,29). The first-order valence-electron chi connectivity index (χ1n) is 10.1. The van der Waals surface area contributed by atoms with Gasteiger partial charge in [-0.3, -0.25) is 19.0 Å². The predicted octanol–water partition coefficient (Wildman–Crippen LogP) is 2.65. The summed E-state index contributed by atoms with van der Waals surface area (Å²) >= 11 is 1.10. The average Bonchev–Trinajstić information content (AvgIpc) is 3.31. The summed E-state index contributed by atoms with van der Waals surface area (Å²) in [6.07, 6.45) is 0. The molecule has 0 fully saturated rings. The summed E-state index contributed by atoms with van der Waals surface area (Å²) < 4.78 is 20.4. The number of methoxy groups -OCH3 is 1. The van der Waals surface area contributed by atoms with Gasteiger partial charge in [0, 0.05) is 17.4 Å². The predicted molar refractivity (Wildman–Crippen MR) is 127 cm³/mol. The van der Waals surface area contributed by atoms with E-state index < -0.39 is 35.4 Å². The molecule has 2 heterocycles. The van der Waals surface area contributed by atoms with Crippen molar-refractivity contribution in [1.29, 1.82) is 0 Å². The molecule has 11 heteroatoms. The maximum Gasteiger partial charge on any atom is 0.332 e. The number of thiophene rings is 1. The fourth-order valence-electron chi connectivity index (χ4n) is 3.35. The number of hydrogen-bond acceptors (Lipinski definition) is 6. The normalized spacial score (nSPS) is 10.8. The number of aromatic nitrogens is 2. The van der Waals surface area contributed by atoms with Crippen LogP contribution in [0.2, 0.25) is 0 Å². The van der Waals surface area contributed by atoms with E-state index in [9.17, 15) is 23.6 Å². The van der Waals surface area contributed by atoms with Crippen LogP contribution in [0.15, 0.2) is 69.6 Å². The van der Waals surface area contributed by atoms with Crippen LogP contribution in [-0.4, -0.2) is 28.1 Å². The fraction of sp³-hybridized carbons (Fsp3) is 0.130. The Balaban J connectivity index is 1.61. The molecule has 174 valence electrons. The zero-order valence-electron chi connectivity index (χ0n) is 17.9. The zero-order valence-corrected chi connectivity index (χ0v) is 18.7. The van der Waals surface area contributed by atoms with Crippen molar-refractivity contribution in [3.05, 3.63) is 86.6 Å². The summed E-state index contributed by atoms with van der Waals surface area (Å²) in [6.45, 7) is -0.941. The highest BCUT2D eigenvalue weighted by Gasteiger charge is 2.18. The van der Waals surface area contributed by atoms with E-state index >= 15 is 0 Å². The van der Waals surface area contributed by atoms with E-state index in [1.54, 1.807) is 35.7 Å². The molecule has 0 aliphatic carbocycles. The minimum atomic E-state index is -0.800. The van der Waals surface area contributed by atoms with E-state index in [0.717, 1.165) is 20.5 Å². The molecule has 0 bridgehead atoms. The lowest BCUT2D eigenvalue weighted by molar-refractivity contribution is -0.117. The summed E-state index contributed by atoms with van der Waals surface area (Å²) in [5.74, 6) is -1.05. The van der Waals surface area contributed by atoms with Crippen molar-refractivity contribution in [3.63, 3.8) is 0 Å². The number of hydrogen-bond donors (Lipinski definition) is 2. The van der Waals surface area contributed by atoms with Crippen LogP contribution in [0.25, 0.3) is 10.2 Å². The second-order valence-corrected chi connectivity index (χ2v) is 8.15. The lowest BCUT2D eigenvalue weighted by atomic mass is 10.3. The fourth-order valence-corrected chi connectivity index (χ4v) is 4.19. The number of rotatable bonds is 7. The van der Waals surface area contributed by atoms with Crippen LogP contribution in [-0.2, 0) is 22.7 Å². The van der Waals surface area contributed by atoms with Crippen molar-refractivity contribution in [2.75, 3.05) is 17.7 Å². The number of fused-ring (bicyclic) bond motifs is 1. The first kappa shape index (κ1) is 22.9. The Bertz CT molecular complexity index is 1490. The van der Waals surface area contributed by atoms with Gasteiger partial charge >= 0.3 is 5.69 Å². The van der Waals surface area contributed by atoms with Crippen molar-refractivity contribution in [2.45, 2.75) is 13.1 Å². The van der Waals surface area contributed by atoms with E-state index in [-0.39, 0.29) is 11.2 Å². The molecule has 0 saturated carbocycles. The van der Waals surface area contributed by atoms with E-state index in [0.29, 0.717) is 22.6 Å². The molecule has 0 radical (unpaired) electrons. The van der Waals surface area contributed by atoms with Gasteiger partial charge in [0.15, 0.2) is 0 Å². The van der Waals surface area contributed by atoms with Crippen molar-refractivity contribution < 1.29 is 18.7 Å². The zero-order chi connectivity index (χ0) is 24.2. The van der Waals surface area contributed by atoms with Crippen molar-refractivity contribution in [2.24, 2.45) is 0 Å². The molecule has 2 aromatic heterocycles. The van der Waals surface area contributed by atoms with Crippen LogP contribution in [0.1, 0.15) is 0 Å². The Morgan fingerprint density at radius 1 is 0.941 bits per heavy atom. The van der Waals surface area contributed by atoms with E-state index in [1.807, 2.05) is 0 Å². The average molecular weight is 482 g/mol. The monoisotopic (exact) mass is 482 g/mol. The number of carbonyl (C=O) groups excluding carboxylic acids is 2. The molecule has 4 rings (SSSR count). The summed E-state index contributed by atoms with van der Waals surface area (Å²) in [7, 11) is 1.50. The lowest BCUT2D eigenvalue weighted by Gasteiger charge is -2.13. The lowest BCUT2D eigenvalue weighted by Crippen LogP contribution is -2.43. The van der Waals surface area contributed by atoms with Crippen molar-refractivity contribution >= 4 is 44.7 Å². The van der Waals surface area contributed by atoms with Gasteiger partial charge < -0.3 is 15.4 Å². The molecule has 0 spiro atoms. The quantitative estimate of drug-likeness (QED) is 0.421. The number of benzene rings is 2. The van der Waals surface area contributed by atoms with Gasteiger partial charge in [-0.25, -0.2) is 13.8 Å². The second kappa shape index (κ2) is 9.71. The minimum absolute atomic E-state index is 0.239. The molecule has 0 aliphatic heterocycles. The van der Waals surface area contributed by atoms with Crippen LogP contribution in [0, 0.1) is 5.82 Å². The van der Waals surface area contributed by atoms with Gasteiger partial charge in [-0.15, -0.1) is 11.3 Å². The molecular weight excluding hydrogens is 463 g/mol. The molecule has 2 amide bonds. The van der Waals surface area contributed by atoms with E-state index in [2.05, 4.69) is 10.6 Å². The third-order valence-electron chi connectivity index (χ3n) is 4.92. The minimum Gasteiger partial charge on any atom is -0.497 e. The topological polar surface area (TPSA) is 111 Å². The Kier molecular flexibility index (Phi) is 6.55. The molecule has 2 N–H and O–H groups in total. The van der Waals surface area contributed by atoms with E-state index in [4.69, 9.17) is 4.74 Å². The molecule has 0 aliphatic rings. The van der Waals surface area contributed by atoms with Crippen molar-refractivity contribution in [3.8, 4) is 5.75 Å². The van der Waals surface area contributed by atoms with Gasteiger partial charge in [0.05, 0.1) is 12.6 Å². The number of halogens is 1. The van der Waals surface area contributed by atoms with Crippen LogP contribution in [0.5, 0.6) is 5.75 Å². The number of nitrogens with one attached hydrogen (secondary N) is 2. The number of carbonyl (C=O) groups is 2. The summed E-state index contributed by atoms with van der Waals surface area (Å²) in [5.41, 5.74) is -0.337. The maximum absolute atomic E-state index is 13.1. The van der Waals surface area contributed by atoms with Crippen LogP contribution in [0.3, 0.4) is 0 Å². The number of amides is 2. The molecule has 0 saturated heterocycles. The molecule has 4 aromatic rings. The van der Waals surface area contributed by atoms with Crippen LogP contribution < -0.4 is 26.6 Å². The molecule has 0 unspecified atom stereocenters. The van der Waals surface area contributed by atoms with E-state index in [1.165, 1.54) is 31.4 Å².